The molecule has 1 unspecified atom stereocenters. The van der Waals surface area contributed by atoms with E-state index in [4.69, 9.17) is 5.11 Å². The van der Waals surface area contributed by atoms with Gasteiger partial charge in [0.15, 0.2) is 5.78 Å². The summed E-state index contributed by atoms with van der Waals surface area (Å²) in [5.41, 5.74) is 5.81. The Kier molecular flexibility index (Phi) is 13.4. The van der Waals surface area contributed by atoms with Crippen molar-refractivity contribution < 1.29 is 14.7 Å². The van der Waals surface area contributed by atoms with Crippen LogP contribution in [0.2, 0.25) is 0 Å². The van der Waals surface area contributed by atoms with Crippen LogP contribution >= 0.6 is 11.8 Å². The predicted molar refractivity (Wildman–Crippen MR) is 165 cm³/mol. The highest BCUT2D eigenvalue weighted by atomic mass is 32.2. The minimum Gasteiger partial charge on any atom is -0.481 e. The minimum atomic E-state index is -0.857. The number of aliphatic carboxylic acids is 1. The van der Waals surface area contributed by atoms with Gasteiger partial charge in [0.1, 0.15) is 0 Å². The van der Waals surface area contributed by atoms with Crippen LogP contribution in [0.5, 0.6) is 0 Å². The highest BCUT2D eigenvalue weighted by Gasteiger charge is 2.15. The molecule has 0 aliphatic carbocycles. The van der Waals surface area contributed by atoms with E-state index in [2.05, 4.69) is 74.5 Å². The molecular weight excluding hydrogens is 500 g/mol. The molecular formula is C35H44O3S. The summed E-state index contributed by atoms with van der Waals surface area (Å²) in [6.07, 6.45) is 11.6. The molecule has 0 aliphatic heterocycles. The molecule has 1 N–H and O–H groups in total. The van der Waals surface area contributed by atoms with Gasteiger partial charge >= 0.3 is 5.97 Å². The molecule has 0 aromatic heterocycles. The molecule has 3 nitrogen and oxygen atoms in total. The highest BCUT2D eigenvalue weighted by molar-refractivity contribution is 7.99. The number of carboxylic acid groups (broad SMARTS) is 1. The Morgan fingerprint density at radius 2 is 1.31 bits per heavy atom. The van der Waals surface area contributed by atoms with E-state index in [-0.39, 0.29) is 18.6 Å². The second-order valence-corrected chi connectivity index (χ2v) is 11.7. The topological polar surface area (TPSA) is 54.4 Å². The molecule has 3 aromatic carbocycles. The van der Waals surface area contributed by atoms with Crippen LogP contribution in [0.25, 0.3) is 11.1 Å². The zero-order valence-corrected chi connectivity index (χ0v) is 24.5. The zero-order valence-electron chi connectivity index (χ0n) is 23.7. The first-order chi connectivity index (χ1) is 19.0. The summed E-state index contributed by atoms with van der Waals surface area (Å²) in [6, 6.07) is 25.9. The second kappa shape index (κ2) is 17.0. The number of unbranched alkanes of at least 4 members (excludes halogenated alkanes) is 5. The molecule has 0 spiro atoms. The lowest BCUT2D eigenvalue weighted by molar-refractivity contribution is -0.137. The molecule has 0 radical (unpaired) electrons. The van der Waals surface area contributed by atoms with Crippen LogP contribution in [0, 0.1) is 0 Å². The van der Waals surface area contributed by atoms with Gasteiger partial charge < -0.3 is 5.11 Å². The zero-order chi connectivity index (χ0) is 27.9. The van der Waals surface area contributed by atoms with Crippen LogP contribution in [0.3, 0.4) is 0 Å². The molecule has 0 aliphatic rings. The molecule has 3 rings (SSSR count). The first-order valence-corrected chi connectivity index (χ1v) is 15.6. The van der Waals surface area contributed by atoms with E-state index in [1.165, 1.54) is 72.1 Å². The van der Waals surface area contributed by atoms with Crippen molar-refractivity contribution in [3.8, 4) is 11.1 Å². The lowest BCUT2D eigenvalue weighted by atomic mass is 10.0. The van der Waals surface area contributed by atoms with E-state index in [1.807, 2.05) is 23.9 Å². The Hall–Kier alpha value is -2.85. The monoisotopic (exact) mass is 544 g/mol. The van der Waals surface area contributed by atoms with E-state index in [0.29, 0.717) is 17.2 Å². The van der Waals surface area contributed by atoms with Crippen molar-refractivity contribution in [2.75, 3.05) is 0 Å². The molecule has 0 saturated heterocycles. The quantitative estimate of drug-likeness (QED) is 0.0983. The summed E-state index contributed by atoms with van der Waals surface area (Å²) in [5.74, 6) is -0.843. The molecule has 0 saturated carbocycles. The van der Waals surface area contributed by atoms with Crippen molar-refractivity contribution in [1.82, 2.24) is 0 Å². The van der Waals surface area contributed by atoms with Crippen LogP contribution in [-0.2, 0) is 11.2 Å². The van der Waals surface area contributed by atoms with E-state index < -0.39 is 5.97 Å². The fourth-order valence-electron chi connectivity index (χ4n) is 4.81. The second-order valence-electron chi connectivity index (χ2n) is 10.4. The van der Waals surface area contributed by atoms with E-state index >= 15 is 0 Å². The maximum Gasteiger partial charge on any atom is 0.303 e. The number of ketones is 1. The third-order valence-corrected chi connectivity index (χ3v) is 8.54. The summed E-state index contributed by atoms with van der Waals surface area (Å²) < 4.78 is 0. The maximum absolute atomic E-state index is 12.5. The first-order valence-electron chi connectivity index (χ1n) is 14.7. The van der Waals surface area contributed by atoms with Gasteiger partial charge in [-0.25, -0.2) is 0 Å². The van der Waals surface area contributed by atoms with Gasteiger partial charge in [0.25, 0.3) is 0 Å². The standard InChI is InChI=1S/C35H44O3S/c1-3-5-7-9-13-34(31-21-19-30(20-22-31)33(36)12-10-14-35(37)38)39-32-25-23-29(24-26-32)28-17-15-27(16-18-28)11-8-6-4-2/h15-26,34H,3-14H2,1-2H3,(H,37,38). The Balaban J connectivity index is 1.65. The number of rotatable bonds is 18. The smallest absolute Gasteiger partial charge is 0.303 e. The number of hydrogen-bond donors (Lipinski definition) is 1. The number of thioether (sulfide) groups is 1. The lowest BCUT2D eigenvalue weighted by Gasteiger charge is -2.18. The van der Waals surface area contributed by atoms with Gasteiger partial charge in [-0.15, -0.1) is 11.8 Å². The number of aryl methyl sites for hydroxylation is 1. The van der Waals surface area contributed by atoms with Crippen LogP contribution in [0.1, 0.15) is 111 Å². The summed E-state index contributed by atoms with van der Waals surface area (Å²) in [4.78, 5) is 24.5. The van der Waals surface area contributed by atoms with Gasteiger partial charge in [-0.3, -0.25) is 9.59 Å². The average molecular weight is 545 g/mol. The molecule has 0 fully saturated rings. The highest BCUT2D eigenvalue weighted by Crippen LogP contribution is 2.40. The number of benzene rings is 3. The molecule has 0 amide bonds. The average Bonchev–Trinajstić information content (AvgIpc) is 2.95. The van der Waals surface area contributed by atoms with Gasteiger partial charge in [0.05, 0.1) is 0 Å². The number of carbonyl (C=O) groups is 2. The number of hydrogen-bond acceptors (Lipinski definition) is 3. The van der Waals surface area contributed by atoms with Gasteiger partial charge in [-0.1, -0.05) is 113 Å². The maximum atomic E-state index is 12.5. The number of carboxylic acids is 1. The Labute approximate surface area is 239 Å². The summed E-state index contributed by atoms with van der Waals surface area (Å²) in [6.45, 7) is 4.48. The summed E-state index contributed by atoms with van der Waals surface area (Å²) in [5, 5.41) is 9.15. The van der Waals surface area contributed by atoms with E-state index in [0.717, 1.165) is 12.8 Å². The SMILES string of the molecule is CCCCCCC(Sc1ccc(-c2ccc(CCCCC)cc2)cc1)c1ccc(C(=O)CCCC(=O)O)cc1. The van der Waals surface area contributed by atoms with Crippen LogP contribution in [0.4, 0.5) is 0 Å². The van der Waals surface area contributed by atoms with Gasteiger partial charge in [-0.2, -0.15) is 0 Å². The van der Waals surface area contributed by atoms with Crippen molar-refractivity contribution in [3.63, 3.8) is 0 Å². The minimum absolute atomic E-state index is 0.0135. The number of Topliss-reactive ketones (excluding diaryl/α,β-unsaturated/α-hetero) is 1. The van der Waals surface area contributed by atoms with E-state index in [1.54, 1.807) is 0 Å². The molecule has 208 valence electrons. The van der Waals surface area contributed by atoms with Crippen LogP contribution in [0.15, 0.2) is 77.7 Å². The fourth-order valence-corrected chi connectivity index (χ4v) is 6.01. The van der Waals surface area contributed by atoms with Crippen LogP contribution in [-0.4, -0.2) is 16.9 Å². The predicted octanol–water partition coefficient (Wildman–Crippen LogP) is 10.3. The van der Waals surface area contributed by atoms with Crippen molar-refractivity contribution in [1.29, 1.82) is 0 Å². The fraction of sp³-hybridized carbons (Fsp3) is 0.429. The van der Waals surface area contributed by atoms with Gasteiger partial charge in [0, 0.05) is 28.6 Å². The van der Waals surface area contributed by atoms with E-state index in [9.17, 15) is 9.59 Å². The molecule has 3 aromatic rings. The molecule has 4 heteroatoms. The molecule has 0 bridgehead atoms. The Morgan fingerprint density at radius 1 is 0.692 bits per heavy atom. The van der Waals surface area contributed by atoms with Crippen molar-refractivity contribution in [2.24, 2.45) is 0 Å². The van der Waals surface area contributed by atoms with Crippen molar-refractivity contribution in [3.05, 3.63) is 89.5 Å². The third-order valence-electron chi connectivity index (χ3n) is 7.21. The molecule has 1 atom stereocenters. The van der Waals surface area contributed by atoms with Gasteiger partial charge in [0.2, 0.25) is 0 Å². The van der Waals surface area contributed by atoms with Crippen LogP contribution < -0.4 is 0 Å². The van der Waals surface area contributed by atoms with Crippen molar-refractivity contribution in [2.45, 2.75) is 101 Å². The summed E-state index contributed by atoms with van der Waals surface area (Å²) >= 11 is 1.90. The Morgan fingerprint density at radius 3 is 1.92 bits per heavy atom. The third kappa shape index (κ3) is 10.7. The normalized spacial score (nSPS) is 11.8. The number of carbonyl (C=O) groups excluding carboxylic acids is 1. The van der Waals surface area contributed by atoms with Gasteiger partial charge in [-0.05, 0) is 60.1 Å². The lowest BCUT2D eigenvalue weighted by Crippen LogP contribution is -2.02. The molecule has 39 heavy (non-hydrogen) atoms. The largest absolute Gasteiger partial charge is 0.481 e. The molecule has 0 heterocycles. The Bertz CT molecular complexity index is 1130. The first kappa shape index (κ1) is 30.7. The van der Waals surface area contributed by atoms with Crippen molar-refractivity contribution >= 4 is 23.5 Å². The summed E-state index contributed by atoms with van der Waals surface area (Å²) in [7, 11) is 0.